The van der Waals surface area contributed by atoms with E-state index in [0.717, 1.165) is 6.07 Å². The Hall–Kier alpha value is -3.89. The van der Waals surface area contributed by atoms with Gasteiger partial charge in [0.1, 0.15) is 23.8 Å². The van der Waals surface area contributed by atoms with Gasteiger partial charge < -0.3 is 30.6 Å². The molecule has 3 aromatic heterocycles. The molecule has 1 aliphatic heterocycles. The van der Waals surface area contributed by atoms with E-state index in [1.54, 1.807) is 9.47 Å². The molecule has 4 aromatic rings. The van der Waals surface area contributed by atoms with Crippen molar-refractivity contribution < 1.29 is 41.2 Å². The summed E-state index contributed by atoms with van der Waals surface area (Å²) in [6.07, 6.45) is 0.150. The fraction of sp³-hybridized carbons (Fsp3) is 0.407. The molecular formula is C27H29F4N8O5P. The zero-order valence-electron chi connectivity index (χ0n) is 23.6. The predicted octanol–water partition coefficient (Wildman–Crippen LogP) is 3.38. The van der Waals surface area contributed by atoms with Crippen molar-refractivity contribution in [2.45, 2.75) is 56.4 Å². The van der Waals surface area contributed by atoms with Crippen molar-refractivity contribution in [2.24, 2.45) is 5.73 Å². The molecule has 1 saturated carbocycles. The van der Waals surface area contributed by atoms with Gasteiger partial charge in [0.05, 0.1) is 42.1 Å². The second-order valence-corrected chi connectivity index (χ2v) is 12.5. The Kier molecular flexibility index (Phi) is 8.16. The van der Waals surface area contributed by atoms with Gasteiger partial charge >= 0.3 is 7.82 Å². The van der Waals surface area contributed by atoms with Crippen LogP contribution in [0.5, 0.6) is 5.75 Å². The molecule has 0 bridgehead atoms. The number of alkyl halides is 2. The summed E-state index contributed by atoms with van der Waals surface area (Å²) in [5.74, 6) is -2.80. The van der Waals surface area contributed by atoms with E-state index in [2.05, 4.69) is 19.9 Å². The smallest absolute Gasteiger partial charge is 0.401 e. The molecule has 18 heteroatoms. The molecule has 3 atom stereocenters. The number of benzene rings is 1. The summed E-state index contributed by atoms with van der Waals surface area (Å²) in [5.41, 5.74) is 11.9. The van der Waals surface area contributed by atoms with Gasteiger partial charge in [0, 0.05) is 24.7 Å². The summed E-state index contributed by atoms with van der Waals surface area (Å²) in [6, 6.07) is 2.88. The minimum absolute atomic E-state index is 0.0136. The van der Waals surface area contributed by atoms with Gasteiger partial charge in [-0.1, -0.05) is 0 Å². The number of aliphatic hydroxyl groups excluding tert-OH is 1. The van der Waals surface area contributed by atoms with Crippen LogP contribution in [-0.2, 0) is 15.6 Å². The van der Waals surface area contributed by atoms with E-state index in [0.29, 0.717) is 54.3 Å². The number of nitrogens with zero attached hydrogens (tertiary/aromatic N) is 6. The van der Waals surface area contributed by atoms with Gasteiger partial charge in [-0.15, -0.1) is 0 Å². The van der Waals surface area contributed by atoms with Gasteiger partial charge in [-0.2, -0.15) is 0 Å². The molecule has 6 N–H and O–H groups in total. The normalized spacial score (nSPS) is 20.8. The molecule has 2 aliphatic rings. The first-order chi connectivity index (χ1) is 21.3. The quantitative estimate of drug-likeness (QED) is 0.145. The molecule has 1 aromatic carbocycles. The number of nitrogen functional groups attached to an aromatic ring is 1. The maximum absolute atomic E-state index is 15.4. The number of phosphoric acid groups is 1. The van der Waals surface area contributed by atoms with Crippen molar-refractivity contribution in [1.82, 2.24) is 24.5 Å². The lowest BCUT2D eigenvalue weighted by Gasteiger charge is -2.44. The first kappa shape index (κ1) is 31.1. The monoisotopic (exact) mass is 652 g/mol. The maximum atomic E-state index is 15.4. The molecule has 45 heavy (non-hydrogen) atoms. The average Bonchev–Trinajstić information content (AvgIpc) is 3.70. The molecule has 1 aliphatic carbocycles. The Morgan fingerprint density at radius 3 is 2.64 bits per heavy atom. The number of hydrogen-bond acceptors (Lipinski definition) is 11. The van der Waals surface area contributed by atoms with Crippen LogP contribution in [0.15, 0.2) is 37.1 Å². The first-order valence-electron chi connectivity index (χ1n) is 13.9. The van der Waals surface area contributed by atoms with Crippen LogP contribution in [0.4, 0.5) is 29.1 Å². The van der Waals surface area contributed by atoms with Crippen LogP contribution in [0.1, 0.15) is 31.2 Å². The Morgan fingerprint density at radius 1 is 1.13 bits per heavy atom. The third-order valence-corrected chi connectivity index (χ3v) is 8.77. The summed E-state index contributed by atoms with van der Waals surface area (Å²) < 4.78 is 80.9. The molecule has 1 saturated heterocycles. The Labute approximate surface area is 253 Å². The number of aliphatic hydroxyl groups is 1. The minimum atomic E-state index is -4.68. The Morgan fingerprint density at radius 2 is 1.91 bits per heavy atom. The van der Waals surface area contributed by atoms with Crippen LogP contribution in [0, 0.1) is 11.6 Å². The zero-order chi connectivity index (χ0) is 32.1. The van der Waals surface area contributed by atoms with Crippen LogP contribution in [0.2, 0.25) is 0 Å². The molecule has 13 nitrogen and oxygen atoms in total. The second kappa shape index (κ2) is 11.8. The molecular weight excluding hydrogens is 623 g/mol. The molecule has 1 unspecified atom stereocenters. The van der Waals surface area contributed by atoms with Crippen LogP contribution in [-0.4, -0.2) is 71.8 Å². The van der Waals surface area contributed by atoms with Crippen LogP contribution >= 0.6 is 7.82 Å². The molecule has 4 heterocycles. The molecule has 6 rings (SSSR count). The number of piperidine rings is 1. The largest absolute Gasteiger partial charge is 0.527 e. The van der Waals surface area contributed by atoms with Gasteiger partial charge in [-0.25, -0.2) is 37.1 Å². The van der Waals surface area contributed by atoms with Gasteiger partial charge in [-0.3, -0.25) is 14.4 Å². The summed E-state index contributed by atoms with van der Waals surface area (Å²) >= 11 is 0. The number of fused-ring (bicyclic) bond motifs is 1. The third-order valence-electron chi connectivity index (χ3n) is 7.78. The number of nitrogens with two attached hydrogens (primary N) is 2. The van der Waals surface area contributed by atoms with E-state index in [9.17, 15) is 23.3 Å². The highest BCUT2D eigenvalue weighted by molar-refractivity contribution is 7.47. The molecule has 240 valence electrons. The summed E-state index contributed by atoms with van der Waals surface area (Å²) in [7, 11) is -4.68. The van der Waals surface area contributed by atoms with Crippen LogP contribution in [0.25, 0.3) is 22.4 Å². The topological polar surface area (TPSA) is 188 Å². The number of imidazole rings is 1. The number of pyridine rings is 1. The highest BCUT2D eigenvalue weighted by Crippen LogP contribution is 2.50. The number of aromatic nitrogens is 5. The van der Waals surface area contributed by atoms with Crippen molar-refractivity contribution in [3.8, 4) is 17.0 Å². The SMILES string of the molecule is Nc1ncnc2c1ncn2Cc1cc(-c2cc(F)c(OP(=O)(O)OC3CC3)cc2F)ncc1N1CCC[C@](N)([C@H](O)C(F)F)C1. The van der Waals surface area contributed by atoms with E-state index < -0.39 is 49.4 Å². The van der Waals surface area contributed by atoms with E-state index in [4.69, 9.17) is 20.5 Å². The van der Waals surface area contributed by atoms with Gasteiger partial charge in [0.15, 0.2) is 23.0 Å². The molecule has 0 radical (unpaired) electrons. The van der Waals surface area contributed by atoms with Crippen LogP contribution < -0.4 is 20.9 Å². The van der Waals surface area contributed by atoms with Crippen molar-refractivity contribution >= 4 is 30.5 Å². The van der Waals surface area contributed by atoms with Gasteiger partial charge in [0.2, 0.25) is 0 Å². The highest BCUT2D eigenvalue weighted by atomic mass is 31.2. The van der Waals surface area contributed by atoms with E-state index in [1.807, 2.05) is 0 Å². The van der Waals surface area contributed by atoms with E-state index in [1.165, 1.54) is 24.9 Å². The summed E-state index contributed by atoms with van der Waals surface area (Å²) in [4.78, 5) is 28.4. The lowest BCUT2D eigenvalue weighted by molar-refractivity contribution is -0.0529. The molecule has 2 fully saturated rings. The number of halogens is 4. The van der Waals surface area contributed by atoms with Crippen molar-refractivity contribution in [1.29, 1.82) is 0 Å². The summed E-state index contributed by atoms with van der Waals surface area (Å²) in [6.45, 7) is 0.314. The third kappa shape index (κ3) is 6.44. The summed E-state index contributed by atoms with van der Waals surface area (Å²) in [5, 5.41) is 10.2. The number of hydrogen-bond donors (Lipinski definition) is 4. The zero-order valence-corrected chi connectivity index (χ0v) is 24.5. The number of phosphoric ester groups is 1. The van der Waals surface area contributed by atoms with Gasteiger partial charge in [0.25, 0.3) is 6.43 Å². The lowest BCUT2D eigenvalue weighted by atomic mass is 9.84. The molecule has 0 amide bonds. The lowest BCUT2D eigenvalue weighted by Crippen LogP contribution is -2.63. The predicted molar refractivity (Wildman–Crippen MR) is 153 cm³/mol. The van der Waals surface area contributed by atoms with Crippen molar-refractivity contribution in [3.05, 3.63) is 54.2 Å². The average molecular weight is 653 g/mol. The fourth-order valence-corrected chi connectivity index (χ4v) is 6.38. The van der Waals surface area contributed by atoms with Gasteiger partial charge in [-0.05, 0) is 43.4 Å². The van der Waals surface area contributed by atoms with Crippen LogP contribution in [0.3, 0.4) is 0 Å². The number of anilines is 2. The highest BCUT2D eigenvalue weighted by Gasteiger charge is 2.43. The van der Waals surface area contributed by atoms with E-state index in [-0.39, 0.29) is 36.6 Å². The molecule has 0 spiro atoms. The van der Waals surface area contributed by atoms with Crippen molar-refractivity contribution in [3.63, 3.8) is 0 Å². The second-order valence-electron chi connectivity index (χ2n) is 11.2. The Bertz CT molecular complexity index is 1790. The minimum Gasteiger partial charge on any atom is -0.401 e. The number of rotatable bonds is 10. The Balaban J connectivity index is 1.38. The fourth-order valence-electron chi connectivity index (χ4n) is 5.36. The van der Waals surface area contributed by atoms with Crippen molar-refractivity contribution in [2.75, 3.05) is 23.7 Å². The standard InChI is InChI=1S/C27H29F4N8O5P/c28-17-8-21(44-45(41,42)43-15-2-3-15)18(29)7-16(17)19-6-14(10-39-13-37-22-25(32)35-12-36-26(22)39)20(9-34-19)38-5-1-4-27(33,11-38)23(40)24(30)31/h6-9,12-13,15,23-24,40H,1-5,10-11,33H2,(H,41,42)(H2,32,35,36)/t23-,27-/m1/s1. The van der Waals surface area contributed by atoms with E-state index >= 15 is 8.78 Å². The first-order valence-corrected chi connectivity index (χ1v) is 15.4. The maximum Gasteiger partial charge on any atom is 0.527 e.